The second kappa shape index (κ2) is 16.8. The molecule has 0 aliphatic heterocycles. The van der Waals surface area contributed by atoms with Gasteiger partial charge in [-0.25, -0.2) is 0 Å². The lowest BCUT2D eigenvalue weighted by molar-refractivity contribution is 1.29. The monoisotopic (exact) mass is 792 g/mol. The fourth-order valence-electron chi connectivity index (χ4n) is 8.56. The fourth-order valence-corrected chi connectivity index (χ4v) is 8.56. The summed E-state index contributed by atoms with van der Waals surface area (Å²) in [5.74, 6) is 0. The van der Waals surface area contributed by atoms with Gasteiger partial charge in [-0.1, -0.05) is 183 Å². The number of benzene rings is 10. The molecular formula is C60H44N2. The van der Waals surface area contributed by atoms with Gasteiger partial charge in [0.15, 0.2) is 0 Å². The number of anilines is 6. The van der Waals surface area contributed by atoms with Crippen molar-refractivity contribution in [3.8, 4) is 33.4 Å². The summed E-state index contributed by atoms with van der Waals surface area (Å²) in [6.07, 6.45) is 3.79. The van der Waals surface area contributed by atoms with Crippen LogP contribution in [0, 0.1) is 0 Å². The molecule has 0 aliphatic carbocycles. The summed E-state index contributed by atoms with van der Waals surface area (Å²) in [5.41, 5.74) is 15.8. The van der Waals surface area contributed by atoms with E-state index in [0.29, 0.717) is 0 Å². The van der Waals surface area contributed by atoms with Gasteiger partial charge in [0.2, 0.25) is 0 Å². The van der Waals surface area contributed by atoms with Gasteiger partial charge in [0.25, 0.3) is 0 Å². The molecule has 0 saturated heterocycles. The number of rotatable bonds is 11. The third-order valence-electron chi connectivity index (χ3n) is 11.8. The third kappa shape index (κ3) is 7.47. The predicted octanol–water partition coefficient (Wildman–Crippen LogP) is 17.2. The molecule has 0 unspecified atom stereocenters. The maximum Gasteiger partial charge on any atom is 0.0540 e. The standard InChI is InChI=1S/C60H44N2/c1-3-43-13-9-19-51(41-43)47-29-37-55(38-30-47)61(59-23-11-17-49-15-5-7-21-57(49)59)53-33-25-45(26-34-53)46-27-35-54(36-28-46)62(60-24-12-18-50-16-6-8-22-58(50)60)56-39-31-48(32-40-56)52-20-10-14-44(4-2)42-52/h3-42H,1-2H2. The van der Waals surface area contributed by atoms with Crippen molar-refractivity contribution in [3.05, 3.63) is 255 Å². The van der Waals surface area contributed by atoms with E-state index in [9.17, 15) is 0 Å². The van der Waals surface area contributed by atoms with Gasteiger partial charge < -0.3 is 9.80 Å². The zero-order valence-corrected chi connectivity index (χ0v) is 34.4. The van der Waals surface area contributed by atoms with Gasteiger partial charge in [-0.05, 0) is 128 Å². The van der Waals surface area contributed by atoms with Crippen LogP contribution in [-0.2, 0) is 0 Å². The molecule has 0 bridgehead atoms. The molecule has 0 N–H and O–H groups in total. The van der Waals surface area contributed by atoms with Gasteiger partial charge in [-0.15, -0.1) is 0 Å². The Morgan fingerprint density at radius 1 is 0.274 bits per heavy atom. The lowest BCUT2D eigenvalue weighted by atomic mass is 10.0. The van der Waals surface area contributed by atoms with Gasteiger partial charge >= 0.3 is 0 Å². The van der Waals surface area contributed by atoms with Crippen molar-refractivity contribution in [2.45, 2.75) is 0 Å². The Hall–Kier alpha value is -8.20. The normalized spacial score (nSPS) is 11.0. The maximum atomic E-state index is 3.97. The second-order valence-electron chi connectivity index (χ2n) is 15.5. The van der Waals surface area contributed by atoms with E-state index in [4.69, 9.17) is 0 Å². The molecule has 2 heteroatoms. The summed E-state index contributed by atoms with van der Waals surface area (Å²) in [6, 6.07) is 82.9. The first kappa shape index (κ1) is 38.0. The van der Waals surface area contributed by atoms with Crippen LogP contribution < -0.4 is 9.80 Å². The van der Waals surface area contributed by atoms with Crippen molar-refractivity contribution in [2.75, 3.05) is 9.80 Å². The zero-order valence-electron chi connectivity index (χ0n) is 34.4. The van der Waals surface area contributed by atoms with Crippen molar-refractivity contribution >= 4 is 67.8 Å². The molecule has 0 radical (unpaired) electrons. The van der Waals surface area contributed by atoms with Crippen LogP contribution in [0.2, 0.25) is 0 Å². The summed E-state index contributed by atoms with van der Waals surface area (Å²) in [5, 5.41) is 4.81. The summed E-state index contributed by atoms with van der Waals surface area (Å²) in [4.78, 5) is 4.73. The van der Waals surface area contributed by atoms with E-state index in [1.165, 1.54) is 43.8 Å². The molecule has 10 aromatic carbocycles. The Balaban J connectivity index is 0.998. The largest absolute Gasteiger partial charge is 0.310 e. The summed E-state index contributed by atoms with van der Waals surface area (Å²) >= 11 is 0. The quantitative estimate of drug-likeness (QED) is 0.129. The van der Waals surface area contributed by atoms with E-state index >= 15 is 0 Å². The van der Waals surface area contributed by atoms with Crippen molar-refractivity contribution in [1.29, 1.82) is 0 Å². The van der Waals surface area contributed by atoms with Crippen molar-refractivity contribution in [2.24, 2.45) is 0 Å². The molecule has 10 rings (SSSR count). The highest BCUT2D eigenvalue weighted by molar-refractivity contribution is 6.00. The van der Waals surface area contributed by atoms with Gasteiger partial charge in [0, 0.05) is 33.5 Å². The molecule has 0 spiro atoms. The maximum absolute atomic E-state index is 3.97. The highest BCUT2D eigenvalue weighted by Gasteiger charge is 2.18. The van der Waals surface area contributed by atoms with Gasteiger partial charge in [-0.3, -0.25) is 0 Å². The van der Waals surface area contributed by atoms with Crippen LogP contribution in [0.4, 0.5) is 34.1 Å². The highest BCUT2D eigenvalue weighted by atomic mass is 15.1. The molecule has 2 nitrogen and oxygen atoms in total. The van der Waals surface area contributed by atoms with Gasteiger partial charge in [0.1, 0.15) is 0 Å². The van der Waals surface area contributed by atoms with E-state index in [-0.39, 0.29) is 0 Å². The van der Waals surface area contributed by atoms with E-state index in [2.05, 4.69) is 253 Å². The Morgan fingerprint density at radius 3 is 0.935 bits per heavy atom. The Labute approximate surface area is 364 Å². The highest BCUT2D eigenvalue weighted by Crippen LogP contribution is 2.42. The first-order valence-corrected chi connectivity index (χ1v) is 21.1. The van der Waals surface area contributed by atoms with Gasteiger partial charge in [0.05, 0.1) is 11.4 Å². The minimum atomic E-state index is 1.09. The number of nitrogens with zero attached hydrogens (tertiary/aromatic N) is 2. The molecular weight excluding hydrogens is 749 g/mol. The SMILES string of the molecule is C=Cc1cccc(-c2ccc(N(c3ccc(-c4ccc(N(c5ccc(-c6cccc(C=C)c6)cc5)c5cccc6ccccc56)cc4)cc3)c3cccc4ccccc34)cc2)c1. The molecule has 0 fully saturated rings. The van der Waals surface area contributed by atoms with Crippen LogP contribution in [0.5, 0.6) is 0 Å². The van der Waals surface area contributed by atoms with Crippen LogP contribution in [0.15, 0.2) is 244 Å². The lowest BCUT2D eigenvalue weighted by Gasteiger charge is -2.28. The Morgan fingerprint density at radius 2 is 0.581 bits per heavy atom. The van der Waals surface area contributed by atoms with Crippen LogP contribution in [-0.4, -0.2) is 0 Å². The molecule has 0 atom stereocenters. The van der Waals surface area contributed by atoms with Crippen molar-refractivity contribution in [1.82, 2.24) is 0 Å². The number of hydrogen-bond donors (Lipinski definition) is 0. The van der Waals surface area contributed by atoms with Gasteiger partial charge in [-0.2, -0.15) is 0 Å². The first-order valence-electron chi connectivity index (χ1n) is 21.1. The third-order valence-corrected chi connectivity index (χ3v) is 11.8. The Kier molecular flexibility index (Phi) is 10.3. The number of hydrogen-bond acceptors (Lipinski definition) is 2. The predicted molar refractivity (Wildman–Crippen MR) is 267 cm³/mol. The fraction of sp³-hybridized carbons (Fsp3) is 0. The molecule has 62 heavy (non-hydrogen) atoms. The topological polar surface area (TPSA) is 6.48 Å². The molecule has 0 amide bonds. The molecule has 10 aromatic rings. The molecule has 0 saturated carbocycles. The first-order chi connectivity index (χ1) is 30.6. The minimum Gasteiger partial charge on any atom is -0.310 e. The van der Waals surface area contributed by atoms with Crippen LogP contribution in [0.1, 0.15) is 11.1 Å². The average Bonchev–Trinajstić information content (AvgIpc) is 3.35. The van der Waals surface area contributed by atoms with Crippen LogP contribution in [0.25, 0.3) is 67.1 Å². The molecule has 0 heterocycles. The van der Waals surface area contributed by atoms with E-state index < -0.39 is 0 Å². The molecule has 0 aliphatic rings. The smallest absolute Gasteiger partial charge is 0.0540 e. The zero-order chi connectivity index (χ0) is 41.8. The minimum absolute atomic E-state index is 1.09. The van der Waals surface area contributed by atoms with Crippen molar-refractivity contribution < 1.29 is 0 Å². The Bertz CT molecular complexity index is 2970. The summed E-state index contributed by atoms with van der Waals surface area (Å²) < 4.78 is 0. The summed E-state index contributed by atoms with van der Waals surface area (Å²) in [7, 11) is 0. The van der Waals surface area contributed by atoms with E-state index in [1.807, 2.05) is 12.2 Å². The molecule has 0 aromatic heterocycles. The molecule has 294 valence electrons. The van der Waals surface area contributed by atoms with Crippen molar-refractivity contribution in [3.63, 3.8) is 0 Å². The second-order valence-corrected chi connectivity index (χ2v) is 15.5. The van der Waals surface area contributed by atoms with Crippen LogP contribution >= 0.6 is 0 Å². The number of fused-ring (bicyclic) bond motifs is 2. The van der Waals surface area contributed by atoms with E-state index in [1.54, 1.807) is 0 Å². The average molecular weight is 793 g/mol. The van der Waals surface area contributed by atoms with Crippen LogP contribution in [0.3, 0.4) is 0 Å². The summed E-state index contributed by atoms with van der Waals surface area (Å²) in [6.45, 7) is 7.93. The lowest BCUT2D eigenvalue weighted by Crippen LogP contribution is -2.10. The van der Waals surface area contributed by atoms with E-state index in [0.717, 1.165) is 56.4 Å².